The number of rotatable bonds is 3. The largest absolute Gasteiger partial charge is 0.366 e. The first kappa shape index (κ1) is 17.9. The summed E-state index contributed by atoms with van der Waals surface area (Å²) in [6.07, 6.45) is 3.34. The molecule has 0 unspecified atom stereocenters. The van der Waals surface area contributed by atoms with E-state index in [1.807, 2.05) is 0 Å². The summed E-state index contributed by atoms with van der Waals surface area (Å²) in [5, 5.41) is 3.96. The van der Waals surface area contributed by atoms with Crippen LogP contribution in [0.2, 0.25) is 0 Å². The fourth-order valence-corrected chi connectivity index (χ4v) is 5.14. The van der Waals surface area contributed by atoms with E-state index in [0.29, 0.717) is 21.9 Å². The van der Waals surface area contributed by atoms with Crippen LogP contribution in [0.3, 0.4) is 0 Å². The number of piperazine rings is 1. The molecule has 0 amide bonds. The third-order valence-corrected chi connectivity index (χ3v) is 6.89. The molecule has 1 aliphatic rings. The van der Waals surface area contributed by atoms with Crippen LogP contribution in [0, 0.1) is 0 Å². The smallest absolute Gasteiger partial charge is 0.268 e. The summed E-state index contributed by atoms with van der Waals surface area (Å²) < 4.78 is 28.3. The first-order chi connectivity index (χ1) is 14.0. The minimum atomic E-state index is -3.84. The summed E-state index contributed by atoms with van der Waals surface area (Å²) in [4.78, 5) is 21.0. The van der Waals surface area contributed by atoms with E-state index < -0.39 is 10.0 Å². The molecule has 0 radical (unpaired) electrons. The van der Waals surface area contributed by atoms with Crippen molar-refractivity contribution in [3.8, 4) is 0 Å². The van der Waals surface area contributed by atoms with Crippen LogP contribution >= 0.6 is 0 Å². The van der Waals surface area contributed by atoms with Crippen LogP contribution in [0.25, 0.3) is 21.9 Å². The molecule has 0 aliphatic carbocycles. The molecule has 148 valence electrons. The van der Waals surface area contributed by atoms with Gasteiger partial charge < -0.3 is 15.2 Å². The lowest BCUT2D eigenvalue weighted by atomic mass is 10.2. The van der Waals surface area contributed by atoms with Crippen LogP contribution < -0.4 is 15.8 Å². The molecule has 0 spiro atoms. The summed E-state index contributed by atoms with van der Waals surface area (Å²) in [6.45, 7) is 3.27. The van der Waals surface area contributed by atoms with Gasteiger partial charge in [-0.2, -0.15) is 0 Å². The highest BCUT2D eigenvalue weighted by atomic mass is 32.2. The van der Waals surface area contributed by atoms with Gasteiger partial charge in [0.15, 0.2) is 0 Å². The molecule has 1 aromatic carbocycles. The highest BCUT2D eigenvalue weighted by Crippen LogP contribution is 2.31. The average molecular weight is 409 g/mol. The van der Waals surface area contributed by atoms with Gasteiger partial charge in [-0.25, -0.2) is 12.4 Å². The van der Waals surface area contributed by atoms with Crippen molar-refractivity contribution < 1.29 is 8.42 Å². The zero-order chi connectivity index (χ0) is 20.0. The van der Waals surface area contributed by atoms with Crippen molar-refractivity contribution >= 4 is 37.6 Å². The second kappa shape index (κ2) is 6.71. The number of aromatic nitrogens is 3. The number of benzene rings is 1. The van der Waals surface area contributed by atoms with Crippen LogP contribution in [-0.4, -0.2) is 48.5 Å². The summed E-state index contributed by atoms with van der Waals surface area (Å²) in [5.74, 6) is 0. The maximum atomic E-state index is 13.5. The Morgan fingerprint density at radius 2 is 1.86 bits per heavy atom. The highest BCUT2D eigenvalue weighted by molar-refractivity contribution is 7.90. The molecule has 9 heteroatoms. The van der Waals surface area contributed by atoms with E-state index in [1.165, 1.54) is 16.1 Å². The molecule has 3 aromatic heterocycles. The number of pyridine rings is 2. The number of anilines is 1. The molecule has 4 heterocycles. The number of nitrogens with zero attached hydrogens (tertiary/aromatic N) is 3. The molecular weight excluding hydrogens is 390 g/mol. The van der Waals surface area contributed by atoms with Gasteiger partial charge in [-0.05, 0) is 41.8 Å². The molecule has 5 rings (SSSR count). The first-order valence-electron chi connectivity index (χ1n) is 9.34. The number of nitrogens with one attached hydrogen (secondary N) is 2. The Hall–Kier alpha value is -3.17. The Balaban J connectivity index is 1.68. The molecule has 1 aliphatic heterocycles. The van der Waals surface area contributed by atoms with E-state index >= 15 is 0 Å². The summed E-state index contributed by atoms with van der Waals surface area (Å²) in [7, 11) is -3.84. The fraction of sp³-hybridized carbons (Fsp3) is 0.200. The Kier molecular flexibility index (Phi) is 4.14. The zero-order valence-electron chi connectivity index (χ0n) is 15.5. The van der Waals surface area contributed by atoms with Gasteiger partial charge in [0.25, 0.3) is 10.0 Å². The quantitative estimate of drug-likeness (QED) is 0.532. The molecule has 1 fully saturated rings. The van der Waals surface area contributed by atoms with Crippen LogP contribution in [-0.2, 0) is 10.0 Å². The van der Waals surface area contributed by atoms with Crippen molar-refractivity contribution in [3.63, 3.8) is 0 Å². The maximum Gasteiger partial charge on any atom is 0.268 e. The molecule has 1 saturated heterocycles. The van der Waals surface area contributed by atoms with Crippen LogP contribution in [0.5, 0.6) is 0 Å². The highest BCUT2D eigenvalue weighted by Gasteiger charge is 2.25. The minimum absolute atomic E-state index is 0.157. The van der Waals surface area contributed by atoms with E-state index in [2.05, 4.69) is 20.2 Å². The predicted octanol–water partition coefficient (Wildman–Crippen LogP) is 1.52. The SMILES string of the molecule is O=c1ccc2cc(S(=O)(=O)n3cc(N4CCNCC4)c4ncccc43)ccc2[nH]1. The molecule has 8 nitrogen and oxygen atoms in total. The van der Waals surface area contributed by atoms with Crippen molar-refractivity contribution in [2.45, 2.75) is 4.90 Å². The molecule has 0 saturated carbocycles. The van der Waals surface area contributed by atoms with Gasteiger partial charge in [0.05, 0.1) is 16.1 Å². The lowest BCUT2D eigenvalue weighted by Crippen LogP contribution is -2.43. The molecule has 29 heavy (non-hydrogen) atoms. The third-order valence-electron chi connectivity index (χ3n) is 5.22. The number of hydrogen-bond acceptors (Lipinski definition) is 6. The second-order valence-corrected chi connectivity index (χ2v) is 8.81. The molecule has 2 N–H and O–H groups in total. The van der Waals surface area contributed by atoms with Gasteiger partial charge in [-0.3, -0.25) is 9.78 Å². The van der Waals surface area contributed by atoms with Gasteiger partial charge in [0, 0.05) is 50.2 Å². The average Bonchev–Trinajstić information content (AvgIpc) is 3.14. The zero-order valence-corrected chi connectivity index (χ0v) is 16.3. The molecule has 0 bridgehead atoms. The predicted molar refractivity (Wildman–Crippen MR) is 112 cm³/mol. The van der Waals surface area contributed by atoms with Crippen molar-refractivity contribution in [1.29, 1.82) is 0 Å². The Morgan fingerprint density at radius 1 is 1.03 bits per heavy atom. The Labute approximate surface area is 166 Å². The van der Waals surface area contributed by atoms with E-state index in [0.717, 1.165) is 31.9 Å². The van der Waals surface area contributed by atoms with E-state index in [-0.39, 0.29) is 10.5 Å². The maximum absolute atomic E-state index is 13.5. The normalized spacial score (nSPS) is 15.2. The minimum Gasteiger partial charge on any atom is -0.366 e. The van der Waals surface area contributed by atoms with E-state index in [9.17, 15) is 13.2 Å². The van der Waals surface area contributed by atoms with Crippen molar-refractivity contribution in [1.82, 2.24) is 19.3 Å². The van der Waals surface area contributed by atoms with E-state index in [1.54, 1.807) is 42.7 Å². The summed E-state index contributed by atoms with van der Waals surface area (Å²) >= 11 is 0. The number of fused-ring (bicyclic) bond motifs is 2. The lowest BCUT2D eigenvalue weighted by Gasteiger charge is -2.28. The van der Waals surface area contributed by atoms with Crippen LogP contribution in [0.1, 0.15) is 0 Å². The Bertz CT molecular complexity index is 1380. The molecular formula is C20H19N5O3S. The lowest BCUT2D eigenvalue weighted by molar-refractivity contribution is 0.586. The summed E-state index contributed by atoms with van der Waals surface area (Å²) in [6, 6.07) is 11.2. The molecule has 4 aromatic rings. The van der Waals surface area contributed by atoms with Gasteiger partial charge in [-0.15, -0.1) is 0 Å². The topological polar surface area (TPSA) is 100 Å². The van der Waals surface area contributed by atoms with Crippen LogP contribution in [0.4, 0.5) is 5.69 Å². The summed E-state index contributed by atoms with van der Waals surface area (Å²) in [5.41, 5.74) is 2.40. The van der Waals surface area contributed by atoms with Crippen LogP contribution in [0.15, 0.2) is 64.5 Å². The fourth-order valence-electron chi connectivity index (χ4n) is 3.76. The van der Waals surface area contributed by atoms with Crippen molar-refractivity contribution in [2.24, 2.45) is 0 Å². The van der Waals surface area contributed by atoms with Gasteiger partial charge in [0.2, 0.25) is 5.56 Å². The van der Waals surface area contributed by atoms with Gasteiger partial charge in [0.1, 0.15) is 5.52 Å². The first-order valence-corrected chi connectivity index (χ1v) is 10.8. The standard InChI is InChI=1S/C20H19N5O3S/c26-19-6-3-14-12-15(4-5-16(14)23-19)29(27,28)25-13-18(24-10-8-21-9-11-24)20-17(25)2-1-7-22-20/h1-7,12-13,21H,8-11H2,(H,23,26). The monoisotopic (exact) mass is 409 g/mol. The Morgan fingerprint density at radius 3 is 2.69 bits per heavy atom. The van der Waals surface area contributed by atoms with Crippen molar-refractivity contribution in [2.75, 3.05) is 31.1 Å². The van der Waals surface area contributed by atoms with Crippen molar-refractivity contribution in [3.05, 3.63) is 65.2 Å². The number of H-pyrrole nitrogens is 1. The number of aromatic amines is 1. The third kappa shape index (κ3) is 2.99. The van der Waals surface area contributed by atoms with Gasteiger partial charge in [-0.1, -0.05) is 0 Å². The van der Waals surface area contributed by atoms with Gasteiger partial charge >= 0.3 is 0 Å². The number of hydrogen-bond donors (Lipinski definition) is 2. The second-order valence-electron chi connectivity index (χ2n) is 7.00. The van der Waals surface area contributed by atoms with E-state index in [4.69, 9.17) is 0 Å². The molecule has 0 atom stereocenters.